The van der Waals surface area contributed by atoms with E-state index < -0.39 is 9.52 Å². The first-order chi connectivity index (χ1) is 24.6. The molecule has 0 fully saturated rings. The van der Waals surface area contributed by atoms with Crippen LogP contribution in [-0.2, 0) is 58.2 Å². The quantitative estimate of drug-likeness (QED) is 0.0831. The van der Waals surface area contributed by atoms with Crippen LogP contribution in [0.1, 0.15) is 187 Å². The monoisotopic (exact) mass is 868 g/mol. The number of unbranched alkanes of at least 4 members (excludes halogenated alkanes) is 6. The molecule has 0 radical (unpaired) electrons. The minimum Gasteiger partial charge on any atom is -1.00 e. The van der Waals surface area contributed by atoms with Crippen molar-refractivity contribution in [2.24, 2.45) is 0 Å². The molecule has 308 valence electrons. The Morgan fingerprint density at radius 2 is 0.982 bits per heavy atom. The van der Waals surface area contributed by atoms with E-state index in [1.807, 2.05) is 0 Å². The van der Waals surface area contributed by atoms with Gasteiger partial charge in [0.15, 0.2) is 0 Å². The van der Waals surface area contributed by atoms with Gasteiger partial charge < -0.3 is 37.2 Å². The molecule has 1 atom stereocenters. The van der Waals surface area contributed by atoms with E-state index in [1.54, 1.807) is 27.4 Å². The molecule has 4 aromatic rings. The Morgan fingerprint density at radius 1 is 0.536 bits per heavy atom. The van der Waals surface area contributed by atoms with Crippen LogP contribution >= 0.6 is 0 Å². The topological polar surface area (TPSA) is 0 Å². The minimum atomic E-state index is -0.774. The number of halogens is 3. The molecule has 0 aliphatic heterocycles. The first kappa shape index (κ1) is 54.8. The summed E-state index contributed by atoms with van der Waals surface area (Å²) in [5.74, 6) is 0. The summed E-state index contributed by atoms with van der Waals surface area (Å²) in [6.45, 7) is 30.8. The molecule has 0 aliphatic rings. The van der Waals surface area contributed by atoms with Gasteiger partial charge in [-0.25, -0.2) is 0 Å². The molecule has 4 rings (SSSR count). The van der Waals surface area contributed by atoms with Crippen molar-refractivity contribution in [2.75, 3.05) is 0 Å². The van der Waals surface area contributed by atoms with Crippen LogP contribution in [0.2, 0.25) is 0 Å². The molecule has 0 amide bonds. The summed E-state index contributed by atoms with van der Waals surface area (Å²) in [6.07, 6.45) is 15.2. The van der Waals surface area contributed by atoms with Crippen molar-refractivity contribution in [1.82, 2.24) is 0 Å². The zero-order valence-electron chi connectivity index (χ0n) is 37.6. The molecule has 0 nitrogen and oxygen atoms in total. The molecule has 0 aliphatic carbocycles. The zero-order valence-corrected chi connectivity index (χ0v) is 42.8. The molecule has 0 N–H and O–H groups in total. The third kappa shape index (κ3) is 14.5. The average Bonchev–Trinajstić information content (AvgIpc) is 3.33. The van der Waals surface area contributed by atoms with Gasteiger partial charge in [-0.2, -0.15) is 11.1 Å². The van der Waals surface area contributed by atoms with Gasteiger partial charge in [0.05, 0.1) is 9.52 Å². The average molecular weight is 870 g/mol. The van der Waals surface area contributed by atoms with Crippen molar-refractivity contribution < 1.29 is 58.9 Å². The molecule has 0 saturated heterocycles. The summed E-state index contributed by atoms with van der Waals surface area (Å²) in [5, 5.41) is 1.66. The second-order valence-electron chi connectivity index (χ2n) is 18.3. The molecular weight excluding hydrogens is 795 g/mol. The van der Waals surface area contributed by atoms with Crippen molar-refractivity contribution in [2.45, 2.75) is 183 Å². The molecular formula is C51H75Cl3SiTi. The number of hydrogen-bond donors (Lipinski definition) is 0. The first-order valence-electron chi connectivity index (χ1n) is 21.3. The van der Waals surface area contributed by atoms with Crippen LogP contribution < -0.4 is 42.4 Å². The maximum Gasteiger partial charge on any atom is 4.00 e. The van der Waals surface area contributed by atoms with Gasteiger partial charge in [-0.1, -0.05) is 211 Å². The van der Waals surface area contributed by atoms with E-state index in [2.05, 4.69) is 145 Å². The summed E-state index contributed by atoms with van der Waals surface area (Å²) >= 11 is 0. The summed E-state index contributed by atoms with van der Waals surface area (Å²) < 4.78 is 0. The molecule has 0 heterocycles. The van der Waals surface area contributed by atoms with Crippen molar-refractivity contribution in [3.63, 3.8) is 0 Å². The molecule has 0 bridgehead atoms. The molecule has 5 heteroatoms. The van der Waals surface area contributed by atoms with Gasteiger partial charge in [0, 0.05) is 0 Å². The number of rotatable bonds is 17. The summed E-state index contributed by atoms with van der Waals surface area (Å²) in [6, 6.07) is 23.1. The predicted octanol–water partition coefficient (Wildman–Crippen LogP) is 4.56. The van der Waals surface area contributed by atoms with Crippen LogP contribution in [0.4, 0.5) is 0 Å². The molecule has 0 saturated carbocycles. The van der Waals surface area contributed by atoms with Crippen molar-refractivity contribution in [3.05, 3.63) is 116 Å². The van der Waals surface area contributed by atoms with Crippen LogP contribution in [0.5, 0.6) is 0 Å². The second-order valence-corrected chi connectivity index (χ2v) is 20.3. The van der Waals surface area contributed by atoms with E-state index in [9.17, 15) is 0 Å². The van der Waals surface area contributed by atoms with E-state index in [4.69, 9.17) is 0 Å². The second kappa shape index (κ2) is 24.8. The maximum atomic E-state index is 2.65. The van der Waals surface area contributed by atoms with Gasteiger partial charge in [0.25, 0.3) is 0 Å². The van der Waals surface area contributed by atoms with Crippen molar-refractivity contribution in [1.29, 1.82) is 0 Å². The molecule has 4 aromatic carbocycles. The van der Waals surface area contributed by atoms with Gasteiger partial charge in [-0.05, 0) is 77.1 Å². The Kier molecular flexibility index (Phi) is 24.3. The van der Waals surface area contributed by atoms with Crippen LogP contribution in [-0.4, -0.2) is 9.52 Å². The van der Waals surface area contributed by atoms with Gasteiger partial charge in [-0.3, -0.25) is 0 Å². The Morgan fingerprint density at radius 3 is 1.39 bits per heavy atom. The Hall–Kier alpha value is -1.19. The van der Waals surface area contributed by atoms with Crippen LogP contribution in [0.3, 0.4) is 0 Å². The third-order valence-corrected chi connectivity index (χ3v) is 14.1. The van der Waals surface area contributed by atoms with Crippen molar-refractivity contribution >= 4 is 14.7 Å². The Balaban J connectivity index is 0.00000756. The van der Waals surface area contributed by atoms with Crippen molar-refractivity contribution in [3.8, 4) is 11.1 Å². The van der Waals surface area contributed by atoms with Gasteiger partial charge in [-0.15, -0.1) is 16.7 Å². The van der Waals surface area contributed by atoms with E-state index in [0.717, 1.165) is 12.8 Å². The standard InChI is InChI=1S/C51H75Si.3ClH.Ti/c1-14-18-20-22-24-40-27-41(25-23-21-19-15-2)31-46(30-40)52-49(43-28-38(16-3)26-39(17-4)29-43)48-37(7)35(5)36(6)47(48)42-32-44(50(8,9)10)34-45(33-42)51(11,12)13;;;;/h26-34,49H,14-25,52H2,1-13H3;3*1H;/q-1;;;;+4/p-3. The largest absolute Gasteiger partial charge is 4.00 e. The third-order valence-electron chi connectivity index (χ3n) is 12.0. The van der Waals surface area contributed by atoms with E-state index >= 15 is 0 Å². The molecule has 0 aromatic heterocycles. The summed E-state index contributed by atoms with van der Waals surface area (Å²) in [7, 11) is -0.774. The van der Waals surface area contributed by atoms with Crippen LogP contribution in [0.25, 0.3) is 11.1 Å². The van der Waals surface area contributed by atoms with E-state index in [0.29, 0.717) is 5.54 Å². The fraction of sp³-hybridized carbons (Fsp3) is 0.549. The minimum absolute atomic E-state index is 0. The predicted molar refractivity (Wildman–Crippen MR) is 236 cm³/mol. The summed E-state index contributed by atoms with van der Waals surface area (Å²) in [4.78, 5) is 0. The Labute approximate surface area is 381 Å². The van der Waals surface area contributed by atoms with Crippen LogP contribution in [0.15, 0.2) is 54.6 Å². The number of aryl methyl sites for hydroxylation is 4. The normalized spacial score (nSPS) is 12.2. The summed E-state index contributed by atoms with van der Waals surface area (Å²) in [5.41, 5.74) is 20.1. The Bertz CT molecular complexity index is 1690. The van der Waals surface area contributed by atoms with E-state index in [1.165, 1.54) is 114 Å². The van der Waals surface area contributed by atoms with Crippen LogP contribution in [0, 0.1) is 20.8 Å². The van der Waals surface area contributed by atoms with E-state index in [-0.39, 0.29) is 69.8 Å². The number of benzene rings is 3. The maximum absolute atomic E-state index is 2.65. The number of hydrogen-bond acceptors (Lipinski definition) is 0. The van der Waals surface area contributed by atoms with Gasteiger partial charge in [0.1, 0.15) is 0 Å². The van der Waals surface area contributed by atoms with Gasteiger partial charge in [0.2, 0.25) is 0 Å². The first-order valence-corrected chi connectivity index (χ1v) is 22.8. The fourth-order valence-electron chi connectivity index (χ4n) is 8.29. The fourth-order valence-corrected chi connectivity index (χ4v) is 10.7. The SMILES string of the molecule is CCCCCCc1cc(CCCCCC)cc([SiH2]C(c2cc(CC)cc(CC)c2)[c-]2c(C)c(C)c(C)c2-c2cc(C(C)(C)C)cc(C(C)(C)C)c2)c1.[Cl-].[Cl-].[Cl-].[Ti+4]. The zero-order chi connectivity index (χ0) is 38.2. The molecule has 0 spiro atoms. The smallest absolute Gasteiger partial charge is 1.00 e. The molecule has 56 heavy (non-hydrogen) atoms. The van der Waals surface area contributed by atoms with Gasteiger partial charge >= 0.3 is 21.7 Å². The molecule has 1 unspecified atom stereocenters.